The number of anilines is 2. The number of benzene rings is 2. The van der Waals surface area contributed by atoms with Crippen LogP contribution in [0.25, 0.3) is 0 Å². The van der Waals surface area contributed by atoms with Gasteiger partial charge in [0.2, 0.25) is 15.9 Å². The van der Waals surface area contributed by atoms with Gasteiger partial charge in [0.15, 0.2) is 0 Å². The summed E-state index contributed by atoms with van der Waals surface area (Å²) in [4.78, 5) is 12.9. The van der Waals surface area contributed by atoms with Gasteiger partial charge in [-0.15, -0.1) is 0 Å². The molecule has 1 amide bonds. The van der Waals surface area contributed by atoms with Gasteiger partial charge in [-0.2, -0.15) is 0 Å². The lowest BCUT2D eigenvalue weighted by Gasteiger charge is -2.30. The third kappa shape index (κ3) is 4.99. The molecule has 2 aromatic carbocycles. The topological polar surface area (TPSA) is 66.5 Å². The van der Waals surface area contributed by atoms with E-state index in [2.05, 4.69) is 5.32 Å². The Morgan fingerprint density at radius 1 is 1.22 bits per heavy atom. The van der Waals surface area contributed by atoms with E-state index in [0.29, 0.717) is 5.69 Å². The van der Waals surface area contributed by atoms with E-state index < -0.39 is 27.8 Å². The minimum absolute atomic E-state index is 0.134. The number of hydrogen-bond acceptors (Lipinski definition) is 3. The Morgan fingerprint density at radius 3 is 2.44 bits per heavy atom. The summed E-state index contributed by atoms with van der Waals surface area (Å²) in [5, 5.41) is 2.59. The molecular weight excluding hydrogens is 391 g/mol. The molecule has 1 N–H and O–H groups in total. The Kier molecular flexibility index (Phi) is 6.84. The molecule has 2 rings (SSSR count). The van der Waals surface area contributed by atoms with Crippen molar-refractivity contribution in [3.63, 3.8) is 0 Å². The summed E-state index contributed by atoms with van der Waals surface area (Å²) in [5.74, 6) is -1.13. The maximum Gasteiger partial charge on any atom is 0.248 e. The molecule has 0 saturated heterocycles. The van der Waals surface area contributed by atoms with Crippen molar-refractivity contribution in [3.8, 4) is 0 Å². The van der Waals surface area contributed by atoms with Crippen LogP contribution in [0.2, 0.25) is 5.02 Å². The summed E-state index contributed by atoms with van der Waals surface area (Å²) in [6.07, 6.45) is 1.94. The number of rotatable bonds is 7. The lowest BCUT2D eigenvalue weighted by molar-refractivity contribution is -0.117. The molecule has 0 aliphatic rings. The lowest BCUT2D eigenvalue weighted by Crippen LogP contribution is -2.47. The van der Waals surface area contributed by atoms with Crippen LogP contribution in [0.1, 0.15) is 25.8 Å². The first-order chi connectivity index (χ1) is 12.7. The van der Waals surface area contributed by atoms with Crippen molar-refractivity contribution in [2.45, 2.75) is 32.7 Å². The third-order valence-corrected chi connectivity index (χ3v) is 5.61. The molecule has 0 aliphatic heterocycles. The van der Waals surface area contributed by atoms with Gasteiger partial charge in [0, 0.05) is 5.69 Å². The van der Waals surface area contributed by atoms with Crippen LogP contribution in [0.4, 0.5) is 15.8 Å². The molecule has 0 aliphatic carbocycles. The number of hydrogen-bond donors (Lipinski definition) is 1. The number of amides is 1. The van der Waals surface area contributed by atoms with E-state index in [9.17, 15) is 17.6 Å². The van der Waals surface area contributed by atoms with Gasteiger partial charge in [-0.3, -0.25) is 9.10 Å². The first-order valence-electron chi connectivity index (χ1n) is 8.52. The Labute approximate surface area is 164 Å². The van der Waals surface area contributed by atoms with Crippen LogP contribution < -0.4 is 9.62 Å². The highest BCUT2D eigenvalue weighted by Crippen LogP contribution is 2.28. The molecule has 8 heteroatoms. The Hall–Kier alpha value is -2.12. The second-order valence-electron chi connectivity index (χ2n) is 6.08. The molecule has 5 nitrogen and oxygen atoms in total. The second-order valence-corrected chi connectivity index (χ2v) is 8.35. The van der Waals surface area contributed by atoms with E-state index in [1.54, 1.807) is 19.1 Å². The van der Waals surface area contributed by atoms with Crippen molar-refractivity contribution in [1.82, 2.24) is 0 Å². The van der Waals surface area contributed by atoms with E-state index in [0.717, 1.165) is 28.6 Å². The Bertz CT molecular complexity index is 934. The van der Waals surface area contributed by atoms with Crippen LogP contribution in [-0.4, -0.2) is 26.6 Å². The SMILES string of the molecule is CCc1ccccc1NC(=O)[C@@H](CC)N(c1ccc(F)c(Cl)c1)S(C)(=O)=O. The van der Waals surface area contributed by atoms with Gasteiger partial charge < -0.3 is 5.32 Å². The van der Waals surface area contributed by atoms with Crippen LogP contribution in [0, 0.1) is 5.82 Å². The maximum absolute atomic E-state index is 13.5. The summed E-state index contributed by atoms with van der Waals surface area (Å²) in [6.45, 7) is 3.67. The molecule has 2 aromatic rings. The number of carbonyl (C=O) groups is 1. The predicted octanol–water partition coefficient (Wildman–Crippen LogP) is 4.22. The average molecular weight is 413 g/mol. The highest BCUT2D eigenvalue weighted by atomic mass is 35.5. The van der Waals surface area contributed by atoms with E-state index in [1.165, 1.54) is 12.1 Å². The van der Waals surface area contributed by atoms with Gasteiger partial charge in [-0.25, -0.2) is 12.8 Å². The number of sulfonamides is 1. The minimum Gasteiger partial charge on any atom is -0.324 e. The summed E-state index contributed by atoms with van der Waals surface area (Å²) in [5.41, 5.74) is 1.71. The molecule has 0 fully saturated rings. The first kappa shape index (κ1) is 21.2. The van der Waals surface area contributed by atoms with Crippen molar-refractivity contribution < 1.29 is 17.6 Å². The zero-order valence-electron chi connectivity index (χ0n) is 15.4. The molecule has 0 radical (unpaired) electrons. The number of carbonyl (C=O) groups excluding carboxylic acids is 1. The van der Waals surface area contributed by atoms with Crippen LogP contribution in [0.3, 0.4) is 0 Å². The van der Waals surface area contributed by atoms with Crippen molar-refractivity contribution in [3.05, 3.63) is 58.9 Å². The number of para-hydroxylation sites is 1. The number of halogens is 2. The number of nitrogens with one attached hydrogen (secondary N) is 1. The van der Waals surface area contributed by atoms with Gasteiger partial charge in [0.1, 0.15) is 11.9 Å². The van der Waals surface area contributed by atoms with Crippen LogP contribution in [0.5, 0.6) is 0 Å². The van der Waals surface area contributed by atoms with Crippen LogP contribution in [-0.2, 0) is 21.2 Å². The van der Waals surface area contributed by atoms with Crippen molar-refractivity contribution in [2.75, 3.05) is 15.9 Å². The molecule has 0 spiro atoms. The fourth-order valence-corrected chi connectivity index (χ4v) is 4.23. The molecule has 1 atom stereocenters. The van der Waals surface area contributed by atoms with Crippen molar-refractivity contribution in [2.24, 2.45) is 0 Å². The molecule has 146 valence electrons. The average Bonchev–Trinajstić information content (AvgIpc) is 2.61. The van der Waals surface area contributed by atoms with Crippen molar-refractivity contribution >= 4 is 38.9 Å². The lowest BCUT2D eigenvalue weighted by atomic mass is 10.1. The largest absolute Gasteiger partial charge is 0.324 e. The third-order valence-electron chi connectivity index (χ3n) is 4.14. The Balaban J connectivity index is 2.43. The Morgan fingerprint density at radius 2 is 1.89 bits per heavy atom. The molecule has 27 heavy (non-hydrogen) atoms. The van der Waals surface area contributed by atoms with E-state index in [1.807, 2.05) is 19.1 Å². The quantitative estimate of drug-likeness (QED) is 0.740. The van der Waals surface area contributed by atoms with Gasteiger partial charge in [0.25, 0.3) is 0 Å². The number of aryl methyl sites for hydroxylation is 1. The fourth-order valence-electron chi connectivity index (χ4n) is 2.85. The molecule has 0 bridgehead atoms. The van der Waals surface area contributed by atoms with Crippen molar-refractivity contribution in [1.29, 1.82) is 0 Å². The van der Waals surface area contributed by atoms with Gasteiger partial charge in [-0.1, -0.05) is 43.6 Å². The smallest absolute Gasteiger partial charge is 0.248 e. The zero-order valence-corrected chi connectivity index (χ0v) is 16.9. The van der Waals surface area contributed by atoms with Crippen LogP contribution in [0.15, 0.2) is 42.5 Å². The zero-order chi connectivity index (χ0) is 20.2. The normalized spacial score (nSPS) is 12.5. The summed E-state index contributed by atoms with van der Waals surface area (Å²) in [7, 11) is -3.82. The number of nitrogens with zero attached hydrogens (tertiary/aromatic N) is 1. The molecule has 0 aromatic heterocycles. The summed E-state index contributed by atoms with van der Waals surface area (Å²) in [6, 6.07) is 9.89. The summed E-state index contributed by atoms with van der Waals surface area (Å²) >= 11 is 5.81. The molecule has 0 unspecified atom stereocenters. The fraction of sp³-hybridized carbons (Fsp3) is 0.316. The summed E-state index contributed by atoms with van der Waals surface area (Å²) < 4.78 is 39.3. The molecule has 0 heterocycles. The van der Waals surface area contributed by atoms with E-state index in [-0.39, 0.29) is 17.1 Å². The second kappa shape index (κ2) is 8.71. The molecular formula is C19H22ClFN2O3S. The van der Waals surface area contributed by atoms with Gasteiger partial charge in [-0.05, 0) is 42.7 Å². The standard InChI is InChI=1S/C19H22ClFN2O3S/c1-4-13-8-6-7-9-17(13)22-19(24)18(5-2)23(27(3,25)26)14-10-11-16(21)15(20)12-14/h6-12,18H,4-5H2,1-3H3,(H,22,24)/t18-/m1/s1. The monoisotopic (exact) mass is 412 g/mol. The van der Waals surface area contributed by atoms with Gasteiger partial charge in [0.05, 0.1) is 17.0 Å². The predicted molar refractivity (Wildman–Crippen MR) is 107 cm³/mol. The van der Waals surface area contributed by atoms with Crippen LogP contribution >= 0.6 is 11.6 Å². The minimum atomic E-state index is -3.82. The maximum atomic E-state index is 13.5. The van der Waals surface area contributed by atoms with Gasteiger partial charge >= 0.3 is 0 Å². The molecule has 0 saturated carbocycles. The highest BCUT2D eigenvalue weighted by molar-refractivity contribution is 7.92. The first-order valence-corrected chi connectivity index (χ1v) is 10.7. The van der Waals surface area contributed by atoms with E-state index >= 15 is 0 Å². The highest BCUT2D eigenvalue weighted by Gasteiger charge is 2.32. The van der Waals surface area contributed by atoms with E-state index in [4.69, 9.17) is 11.6 Å².